The SMILES string of the molecule is C[C@@H](OC(=O)c1cccs1)C(=O)Nc1ccc(Cl)cc1Cl. The summed E-state index contributed by atoms with van der Waals surface area (Å²) in [5.41, 5.74) is 0.407. The first-order chi connectivity index (χ1) is 9.97. The number of nitrogens with one attached hydrogen (secondary N) is 1. The Labute approximate surface area is 135 Å². The molecule has 1 N–H and O–H groups in total. The van der Waals surface area contributed by atoms with Crippen LogP contribution in [0.1, 0.15) is 16.6 Å². The van der Waals surface area contributed by atoms with E-state index in [4.69, 9.17) is 27.9 Å². The highest BCUT2D eigenvalue weighted by Crippen LogP contribution is 2.25. The molecule has 1 aromatic carbocycles. The Morgan fingerprint density at radius 2 is 2.05 bits per heavy atom. The van der Waals surface area contributed by atoms with E-state index in [1.807, 2.05) is 0 Å². The van der Waals surface area contributed by atoms with E-state index in [-0.39, 0.29) is 0 Å². The van der Waals surface area contributed by atoms with Crippen molar-refractivity contribution in [2.45, 2.75) is 13.0 Å². The highest BCUT2D eigenvalue weighted by molar-refractivity contribution is 7.11. The number of amides is 1. The van der Waals surface area contributed by atoms with Crippen LogP contribution in [0, 0.1) is 0 Å². The van der Waals surface area contributed by atoms with Gasteiger partial charge in [0.25, 0.3) is 5.91 Å². The average Bonchev–Trinajstić information content (AvgIpc) is 2.95. The van der Waals surface area contributed by atoms with Crippen molar-refractivity contribution in [3.05, 3.63) is 50.6 Å². The quantitative estimate of drug-likeness (QED) is 0.844. The van der Waals surface area contributed by atoms with Crippen molar-refractivity contribution in [3.63, 3.8) is 0 Å². The van der Waals surface area contributed by atoms with Crippen LogP contribution in [0.3, 0.4) is 0 Å². The van der Waals surface area contributed by atoms with Crippen LogP contribution in [-0.4, -0.2) is 18.0 Å². The van der Waals surface area contributed by atoms with Crippen LogP contribution in [0.5, 0.6) is 0 Å². The van der Waals surface area contributed by atoms with E-state index in [9.17, 15) is 9.59 Å². The molecule has 0 fully saturated rings. The first kappa shape index (κ1) is 15.8. The second-order valence-corrected chi connectivity index (χ2v) is 5.93. The van der Waals surface area contributed by atoms with Crippen LogP contribution in [0.2, 0.25) is 10.0 Å². The van der Waals surface area contributed by atoms with Gasteiger partial charge in [-0.3, -0.25) is 4.79 Å². The van der Waals surface area contributed by atoms with Crippen LogP contribution >= 0.6 is 34.5 Å². The number of anilines is 1. The Morgan fingerprint density at radius 3 is 2.67 bits per heavy atom. The second kappa shape index (κ2) is 6.93. The molecule has 1 atom stereocenters. The van der Waals surface area contributed by atoms with E-state index in [0.717, 1.165) is 0 Å². The van der Waals surface area contributed by atoms with Crippen LogP contribution in [-0.2, 0) is 9.53 Å². The number of rotatable bonds is 4. The molecule has 7 heteroatoms. The zero-order chi connectivity index (χ0) is 15.4. The molecule has 110 valence electrons. The van der Waals surface area contributed by atoms with Crippen LogP contribution < -0.4 is 5.32 Å². The molecular formula is C14H11Cl2NO3S. The van der Waals surface area contributed by atoms with Gasteiger partial charge in [0.1, 0.15) is 4.88 Å². The summed E-state index contributed by atoms with van der Waals surface area (Å²) in [6.07, 6.45) is -0.939. The molecule has 0 spiro atoms. The van der Waals surface area contributed by atoms with Gasteiger partial charge in [0.15, 0.2) is 6.10 Å². The number of carbonyl (C=O) groups is 2. The van der Waals surface area contributed by atoms with Gasteiger partial charge >= 0.3 is 5.97 Å². The van der Waals surface area contributed by atoms with Gasteiger partial charge in [0.2, 0.25) is 0 Å². The third kappa shape index (κ3) is 4.20. The standard InChI is InChI=1S/C14H11Cl2NO3S/c1-8(20-14(19)12-3-2-6-21-12)13(18)17-11-5-4-9(15)7-10(11)16/h2-8H,1H3,(H,17,18)/t8-/m1/s1. The molecule has 0 aliphatic rings. The Balaban J connectivity index is 1.98. The predicted octanol–water partition coefficient (Wildman–Crippen LogP) is 4.24. The lowest BCUT2D eigenvalue weighted by atomic mass is 10.3. The topological polar surface area (TPSA) is 55.4 Å². The van der Waals surface area contributed by atoms with E-state index < -0.39 is 18.0 Å². The maximum absolute atomic E-state index is 12.0. The predicted molar refractivity (Wildman–Crippen MR) is 84.3 cm³/mol. The van der Waals surface area contributed by atoms with Crippen molar-refractivity contribution in [1.29, 1.82) is 0 Å². The minimum Gasteiger partial charge on any atom is -0.448 e. The largest absolute Gasteiger partial charge is 0.448 e. The summed E-state index contributed by atoms with van der Waals surface area (Å²) in [5, 5.41) is 5.12. The Bertz CT molecular complexity index is 658. The summed E-state index contributed by atoms with van der Waals surface area (Å²) in [6.45, 7) is 1.49. The third-order valence-electron chi connectivity index (χ3n) is 2.56. The molecule has 1 aromatic heterocycles. The van der Waals surface area contributed by atoms with Gasteiger partial charge < -0.3 is 10.1 Å². The second-order valence-electron chi connectivity index (χ2n) is 4.14. The van der Waals surface area contributed by atoms with Gasteiger partial charge in [-0.2, -0.15) is 0 Å². The molecule has 0 saturated carbocycles. The minimum absolute atomic E-state index is 0.313. The molecular weight excluding hydrogens is 333 g/mol. The number of benzene rings is 1. The highest BCUT2D eigenvalue weighted by atomic mass is 35.5. The molecule has 21 heavy (non-hydrogen) atoms. The van der Waals surface area contributed by atoms with E-state index in [1.165, 1.54) is 24.3 Å². The monoisotopic (exact) mass is 343 g/mol. The normalized spacial score (nSPS) is 11.8. The molecule has 4 nitrogen and oxygen atoms in total. The number of hydrogen-bond donors (Lipinski definition) is 1. The summed E-state index contributed by atoms with van der Waals surface area (Å²) in [4.78, 5) is 24.2. The molecule has 2 aromatic rings. The van der Waals surface area contributed by atoms with E-state index >= 15 is 0 Å². The lowest BCUT2D eigenvalue weighted by Crippen LogP contribution is -2.29. The van der Waals surface area contributed by atoms with Crippen molar-refractivity contribution >= 4 is 52.1 Å². The number of carbonyl (C=O) groups excluding carboxylic acids is 2. The number of thiophene rings is 1. The first-order valence-electron chi connectivity index (χ1n) is 5.98. The molecule has 0 radical (unpaired) electrons. The number of hydrogen-bond acceptors (Lipinski definition) is 4. The summed E-state index contributed by atoms with van der Waals surface area (Å²) >= 11 is 13.0. The average molecular weight is 344 g/mol. The zero-order valence-corrected chi connectivity index (χ0v) is 13.3. The van der Waals surface area contributed by atoms with Gasteiger partial charge in [0.05, 0.1) is 10.7 Å². The van der Waals surface area contributed by atoms with Crippen molar-refractivity contribution in [1.82, 2.24) is 0 Å². The molecule has 0 saturated heterocycles. The fourth-order valence-electron chi connectivity index (χ4n) is 1.49. The molecule has 1 amide bonds. The van der Waals surface area contributed by atoms with E-state index in [1.54, 1.807) is 29.6 Å². The molecule has 0 aliphatic carbocycles. The summed E-state index contributed by atoms with van der Waals surface area (Å²) in [5.74, 6) is -1.00. The fraction of sp³-hybridized carbons (Fsp3) is 0.143. The molecule has 1 heterocycles. The number of halogens is 2. The van der Waals surface area contributed by atoms with Crippen molar-refractivity contribution in [2.75, 3.05) is 5.32 Å². The molecule has 0 unspecified atom stereocenters. The lowest BCUT2D eigenvalue weighted by molar-refractivity contribution is -0.123. The number of ether oxygens (including phenoxy) is 1. The van der Waals surface area contributed by atoms with Crippen molar-refractivity contribution in [2.24, 2.45) is 0 Å². The van der Waals surface area contributed by atoms with E-state index in [0.29, 0.717) is 20.6 Å². The Hall–Kier alpha value is -1.56. The lowest BCUT2D eigenvalue weighted by Gasteiger charge is -2.13. The Kier molecular flexibility index (Phi) is 5.22. The smallest absolute Gasteiger partial charge is 0.349 e. The summed E-state index contributed by atoms with van der Waals surface area (Å²) < 4.78 is 5.08. The van der Waals surface area contributed by atoms with Gasteiger partial charge in [0, 0.05) is 5.02 Å². The van der Waals surface area contributed by atoms with Crippen LogP contribution in [0.15, 0.2) is 35.7 Å². The van der Waals surface area contributed by atoms with Gasteiger partial charge in [-0.15, -0.1) is 11.3 Å². The summed E-state index contributed by atoms with van der Waals surface area (Å²) in [7, 11) is 0. The first-order valence-corrected chi connectivity index (χ1v) is 7.61. The van der Waals surface area contributed by atoms with Gasteiger partial charge in [-0.05, 0) is 36.6 Å². The summed E-state index contributed by atoms with van der Waals surface area (Å²) in [6, 6.07) is 8.07. The highest BCUT2D eigenvalue weighted by Gasteiger charge is 2.20. The van der Waals surface area contributed by atoms with E-state index in [2.05, 4.69) is 5.32 Å². The maximum Gasteiger partial charge on any atom is 0.349 e. The maximum atomic E-state index is 12.0. The van der Waals surface area contributed by atoms with Gasteiger partial charge in [-0.1, -0.05) is 29.3 Å². The third-order valence-corrected chi connectivity index (χ3v) is 3.96. The molecule has 2 rings (SSSR count). The minimum atomic E-state index is -0.939. The zero-order valence-electron chi connectivity index (χ0n) is 10.9. The van der Waals surface area contributed by atoms with Crippen LogP contribution in [0.25, 0.3) is 0 Å². The molecule has 0 bridgehead atoms. The van der Waals surface area contributed by atoms with Crippen molar-refractivity contribution < 1.29 is 14.3 Å². The fourth-order valence-corrected chi connectivity index (χ4v) is 2.55. The van der Waals surface area contributed by atoms with Crippen molar-refractivity contribution in [3.8, 4) is 0 Å². The van der Waals surface area contributed by atoms with Gasteiger partial charge in [-0.25, -0.2) is 4.79 Å². The molecule has 0 aliphatic heterocycles. The number of esters is 1. The van der Waals surface area contributed by atoms with Crippen LogP contribution in [0.4, 0.5) is 5.69 Å². The Morgan fingerprint density at radius 1 is 1.29 bits per heavy atom.